The van der Waals surface area contributed by atoms with Crippen LogP contribution in [0.25, 0.3) is 0 Å². The zero-order valence-corrected chi connectivity index (χ0v) is 17.6. The van der Waals surface area contributed by atoms with Gasteiger partial charge in [-0.05, 0) is 43.0 Å². The van der Waals surface area contributed by atoms with E-state index >= 15 is 0 Å². The Bertz CT molecular complexity index is 559. The van der Waals surface area contributed by atoms with Gasteiger partial charge in [0.05, 0.1) is 0 Å². The van der Waals surface area contributed by atoms with Gasteiger partial charge in [0.25, 0.3) is 0 Å². The van der Waals surface area contributed by atoms with Crippen molar-refractivity contribution in [1.29, 1.82) is 0 Å². The Kier molecular flexibility index (Phi) is 8.93. The highest BCUT2D eigenvalue weighted by atomic mass is 16.6. The van der Waals surface area contributed by atoms with Crippen LogP contribution in [0.5, 0.6) is 11.5 Å². The average Bonchev–Trinajstić information content (AvgIpc) is 2.54. The Morgan fingerprint density at radius 3 is 2.15 bits per heavy atom. The lowest BCUT2D eigenvalue weighted by Crippen LogP contribution is -2.30. The van der Waals surface area contributed by atoms with Crippen LogP contribution < -0.4 is 9.47 Å². The standard InChI is InChI=1S/C21H36N2O3/c1-8-12-23(13-9-2)14-15-25-19-16-17(26-20(24)22(6)7)10-11-18(19)21(3,4)5/h10-11,16H,8-9,12-15H2,1-7H3. The maximum Gasteiger partial charge on any atom is 0.414 e. The van der Waals surface area contributed by atoms with Crippen LogP contribution in [0, 0.1) is 0 Å². The van der Waals surface area contributed by atoms with E-state index < -0.39 is 6.09 Å². The fourth-order valence-corrected chi connectivity index (χ4v) is 2.75. The second-order valence-electron chi connectivity index (χ2n) is 7.86. The summed E-state index contributed by atoms with van der Waals surface area (Å²) >= 11 is 0. The van der Waals surface area contributed by atoms with Gasteiger partial charge in [0.1, 0.15) is 18.1 Å². The largest absolute Gasteiger partial charge is 0.492 e. The first-order valence-electron chi connectivity index (χ1n) is 9.57. The van der Waals surface area contributed by atoms with Gasteiger partial charge in [-0.15, -0.1) is 0 Å². The second kappa shape index (κ2) is 10.4. The molecule has 148 valence electrons. The lowest BCUT2D eigenvalue weighted by molar-refractivity contribution is 0.171. The first kappa shape index (κ1) is 22.3. The van der Waals surface area contributed by atoms with Crippen molar-refractivity contribution < 1.29 is 14.3 Å². The van der Waals surface area contributed by atoms with Crippen LogP contribution in [0.4, 0.5) is 4.79 Å². The van der Waals surface area contributed by atoms with E-state index in [1.165, 1.54) is 4.90 Å². The molecule has 5 nitrogen and oxygen atoms in total. The Morgan fingerprint density at radius 1 is 1.04 bits per heavy atom. The molecule has 0 aliphatic heterocycles. The van der Waals surface area contributed by atoms with Gasteiger partial charge in [0.2, 0.25) is 0 Å². The molecule has 0 heterocycles. The van der Waals surface area contributed by atoms with Crippen molar-refractivity contribution >= 4 is 6.09 Å². The minimum absolute atomic E-state index is 0.0497. The molecular formula is C21H36N2O3. The van der Waals surface area contributed by atoms with E-state index in [2.05, 4.69) is 39.5 Å². The summed E-state index contributed by atoms with van der Waals surface area (Å²) in [5, 5.41) is 0. The number of benzene rings is 1. The molecule has 0 fully saturated rings. The average molecular weight is 365 g/mol. The quantitative estimate of drug-likeness (QED) is 0.645. The van der Waals surface area contributed by atoms with E-state index in [9.17, 15) is 4.79 Å². The fraction of sp³-hybridized carbons (Fsp3) is 0.667. The first-order chi connectivity index (χ1) is 12.2. The number of hydrogen-bond acceptors (Lipinski definition) is 4. The Morgan fingerprint density at radius 2 is 1.65 bits per heavy atom. The summed E-state index contributed by atoms with van der Waals surface area (Å²) in [5.74, 6) is 1.29. The molecule has 0 atom stereocenters. The molecule has 1 amide bonds. The second-order valence-corrected chi connectivity index (χ2v) is 7.86. The van der Waals surface area contributed by atoms with Crippen LogP contribution >= 0.6 is 0 Å². The summed E-state index contributed by atoms with van der Waals surface area (Å²) in [6.07, 6.45) is 1.89. The number of nitrogens with zero attached hydrogens (tertiary/aromatic N) is 2. The number of carbonyl (C=O) groups excluding carboxylic acids is 1. The van der Waals surface area contributed by atoms with Crippen LogP contribution in [0.1, 0.15) is 53.0 Å². The molecule has 0 saturated carbocycles. The molecule has 0 aromatic heterocycles. The van der Waals surface area contributed by atoms with Crippen LogP contribution in [-0.2, 0) is 5.41 Å². The molecule has 1 rings (SSSR count). The van der Waals surface area contributed by atoms with Gasteiger partial charge >= 0.3 is 6.09 Å². The van der Waals surface area contributed by atoms with E-state index in [1.807, 2.05) is 18.2 Å². The third-order valence-electron chi connectivity index (χ3n) is 4.08. The Balaban J connectivity index is 2.89. The van der Waals surface area contributed by atoms with Crippen molar-refractivity contribution in [3.63, 3.8) is 0 Å². The number of rotatable bonds is 9. The molecular weight excluding hydrogens is 328 g/mol. The maximum atomic E-state index is 11.8. The van der Waals surface area contributed by atoms with E-state index in [0.29, 0.717) is 12.4 Å². The summed E-state index contributed by atoms with van der Waals surface area (Å²) in [6.45, 7) is 14.5. The van der Waals surface area contributed by atoms with Crippen molar-refractivity contribution in [3.8, 4) is 11.5 Å². The molecule has 0 N–H and O–H groups in total. The maximum absolute atomic E-state index is 11.8. The molecule has 26 heavy (non-hydrogen) atoms. The van der Waals surface area contributed by atoms with Crippen molar-refractivity contribution in [2.75, 3.05) is 40.3 Å². The lowest BCUT2D eigenvalue weighted by Gasteiger charge is -2.25. The minimum Gasteiger partial charge on any atom is -0.492 e. The van der Waals surface area contributed by atoms with Crippen molar-refractivity contribution in [2.45, 2.75) is 52.9 Å². The lowest BCUT2D eigenvalue weighted by atomic mass is 9.86. The van der Waals surface area contributed by atoms with E-state index in [0.717, 1.165) is 43.8 Å². The molecule has 0 bridgehead atoms. The summed E-state index contributed by atoms with van der Waals surface area (Å²) in [5.41, 5.74) is 1.06. The van der Waals surface area contributed by atoms with Gasteiger partial charge in [-0.1, -0.05) is 40.7 Å². The Hall–Kier alpha value is -1.75. The summed E-state index contributed by atoms with van der Waals surface area (Å²) in [4.78, 5) is 15.6. The summed E-state index contributed by atoms with van der Waals surface area (Å²) in [6, 6.07) is 5.64. The van der Waals surface area contributed by atoms with Gasteiger partial charge in [-0.3, -0.25) is 4.90 Å². The zero-order chi connectivity index (χ0) is 19.7. The molecule has 0 aliphatic carbocycles. The predicted molar refractivity (Wildman–Crippen MR) is 107 cm³/mol. The monoisotopic (exact) mass is 364 g/mol. The minimum atomic E-state index is -0.392. The highest BCUT2D eigenvalue weighted by Crippen LogP contribution is 2.34. The molecule has 1 aromatic rings. The number of hydrogen-bond donors (Lipinski definition) is 0. The topological polar surface area (TPSA) is 42.0 Å². The highest BCUT2D eigenvalue weighted by Gasteiger charge is 2.20. The number of ether oxygens (including phenoxy) is 2. The third kappa shape index (κ3) is 7.24. The van der Waals surface area contributed by atoms with E-state index in [-0.39, 0.29) is 5.41 Å². The molecule has 1 aromatic carbocycles. The molecule has 0 aliphatic rings. The summed E-state index contributed by atoms with van der Waals surface area (Å²) in [7, 11) is 3.33. The number of carbonyl (C=O) groups is 1. The van der Waals surface area contributed by atoms with Crippen LogP contribution in [0.15, 0.2) is 18.2 Å². The normalized spacial score (nSPS) is 11.5. The van der Waals surface area contributed by atoms with E-state index in [4.69, 9.17) is 9.47 Å². The molecule has 0 saturated heterocycles. The van der Waals surface area contributed by atoms with Crippen molar-refractivity contribution in [2.24, 2.45) is 0 Å². The zero-order valence-electron chi connectivity index (χ0n) is 17.6. The first-order valence-corrected chi connectivity index (χ1v) is 9.57. The molecule has 0 unspecified atom stereocenters. The van der Waals surface area contributed by atoms with Crippen LogP contribution in [-0.4, -0.2) is 56.2 Å². The van der Waals surface area contributed by atoms with Gasteiger partial charge in [-0.2, -0.15) is 0 Å². The van der Waals surface area contributed by atoms with Crippen LogP contribution in [0.3, 0.4) is 0 Å². The molecule has 5 heteroatoms. The van der Waals surface area contributed by atoms with Gasteiger partial charge in [0.15, 0.2) is 0 Å². The van der Waals surface area contributed by atoms with Gasteiger partial charge in [0, 0.05) is 26.7 Å². The predicted octanol–water partition coefficient (Wildman–Crippen LogP) is 4.55. The van der Waals surface area contributed by atoms with Crippen molar-refractivity contribution in [3.05, 3.63) is 23.8 Å². The van der Waals surface area contributed by atoms with E-state index in [1.54, 1.807) is 14.1 Å². The SMILES string of the molecule is CCCN(CCC)CCOc1cc(OC(=O)N(C)C)ccc1C(C)(C)C. The van der Waals surface area contributed by atoms with Crippen molar-refractivity contribution in [1.82, 2.24) is 9.80 Å². The summed E-state index contributed by atoms with van der Waals surface area (Å²) < 4.78 is 11.5. The number of amides is 1. The smallest absolute Gasteiger partial charge is 0.414 e. The van der Waals surface area contributed by atoms with Gasteiger partial charge in [-0.25, -0.2) is 4.79 Å². The fourth-order valence-electron chi connectivity index (χ4n) is 2.75. The highest BCUT2D eigenvalue weighted by molar-refractivity contribution is 5.70. The van der Waals surface area contributed by atoms with Crippen LogP contribution in [0.2, 0.25) is 0 Å². The third-order valence-corrected chi connectivity index (χ3v) is 4.08. The Labute approximate surface area is 159 Å². The molecule has 0 radical (unpaired) electrons. The molecule has 0 spiro atoms. The van der Waals surface area contributed by atoms with Gasteiger partial charge < -0.3 is 14.4 Å².